The fraction of sp³-hybridized carbons (Fsp3) is 0.350. The van der Waals surface area contributed by atoms with E-state index < -0.39 is 0 Å². The van der Waals surface area contributed by atoms with Crippen LogP contribution in [-0.4, -0.2) is 25.0 Å². The number of anilines is 2. The Morgan fingerprint density at radius 2 is 1.80 bits per heavy atom. The quantitative estimate of drug-likeness (QED) is 0.556. The van der Waals surface area contributed by atoms with Gasteiger partial charge < -0.3 is 21.5 Å². The summed E-state index contributed by atoms with van der Waals surface area (Å²) in [6.45, 7) is 1.79. The summed E-state index contributed by atoms with van der Waals surface area (Å²) in [6, 6.07) is 12.7. The maximum Gasteiger partial charge on any atom is 0.193 e. The third-order valence-corrected chi connectivity index (χ3v) is 4.61. The molecule has 2 aromatic rings. The van der Waals surface area contributed by atoms with Gasteiger partial charge in [-0.15, -0.1) is 0 Å². The van der Waals surface area contributed by atoms with Crippen molar-refractivity contribution in [2.75, 3.05) is 24.6 Å². The number of ketones is 1. The molecule has 1 aliphatic heterocycles. The summed E-state index contributed by atoms with van der Waals surface area (Å²) in [5, 5.41) is 3.51. The molecule has 1 unspecified atom stereocenters. The van der Waals surface area contributed by atoms with E-state index in [1.165, 1.54) is 19.3 Å². The summed E-state index contributed by atoms with van der Waals surface area (Å²) in [6.07, 6.45) is 4.80. The molecular weight excluding hydrogens is 314 g/mol. The van der Waals surface area contributed by atoms with E-state index in [0.717, 1.165) is 18.7 Å². The molecule has 0 amide bonds. The predicted molar refractivity (Wildman–Crippen MR) is 101 cm³/mol. The van der Waals surface area contributed by atoms with Crippen molar-refractivity contribution in [3.63, 3.8) is 0 Å². The van der Waals surface area contributed by atoms with Gasteiger partial charge in [0.15, 0.2) is 5.78 Å². The Morgan fingerprint density at radius 1 is 1.04 bits per heavy atom. The van der Waals surface area contributed by atoms with E-state index in [2.05, 4.69) is 5.32 Å². The predicted octanol–water partition coefficient (Wildman–Crippen LogP) is 2.99. The Kier molecular flexibility index (Phi) is 5.56. The SMILES string of the molecule is Nc1ccc(C(=O)c2ccc(OCCC3CCCCN3)cc2)cc1N. The second-order valence-electron chi connectivity index (χ2n) is 6.48. The first-order valence-corrected chi connectivity index (χ1v) is 8.79. The van der Waals surface area contributed by atoms with Gasteiger partial charge in [0.2, 0.25) is 0 Å². The average molecular weight is 339 g/mol. The average Bonchev–Trinajstić information content (AvgIpc) is 2.65. The Morgan fingerprint density at radius 3 is 2.48 bits per heavy atom. The molecule has 0 aliphatic carbocycles. The number of nitrogens with two attached hydrogens (primary N) is 2. The molecule has 1 heterocycles. The second-order valence-corrected chi connectivity index (χ2v) is 6.48. The second kappa shape index (κ2) is 8.03. The molecule has 1 fully saturated rings. The van der Waals surface area contributed by atoms with Crippen LogP contribution in [0, 0.1) is 0 Å². The first-order chi connectivity index (χ1) is 12.1. The van der Waals surface area contributed by atoms with Crippen molar-refractivity contribution in [3.05, 3.63) is 53.6 Å². The maximum absolute atomic E-state index is 12.5. The van der Waals surface area contributed by atoms with Gasteiger partial charge in [0, 0.05) is 17.2 Å². The molecule has 0 spiro atoms. The summed E-state index contributed by atoms with van der Waals surface area (Å²) in [4.78, 5) is 12.5. The third-order valence-electron chi connectivity index (χ3n) is 4.61. The molecule has 1 atom stereocenters. The Bertz CT molecular complexity index is 722. The highest BCUT2D eigenvalue weighted by Gasteiger charge is 2.13. The fourth-order valence-electron chi connectivity index (χ4n) is 3.07. The van der Waals surface area contributed by atoms with Crippen molar-refractivity contribution in [1.82, 2.24) is 5.32 Å². The van der Waals surface area contributed by atoms with Gasteiger partial charge in [-0.05, 0) is 68.3 Å². The van der Waals surface area contributed by atoms with Gasteiger partial charge in [0.1, 0.15) is 5.75 Å². The highest BCUT2D eigenvalue weighted by atomic mass is 16.5. The van der Waals surface area contributed by atoms with E-state index in [0.29, 0.717) is 35.2 Å². The lowest BCUT2D eigenvalue weighted by Crippen LogP contribution is -2.35. The Balaban J connectivity index is 1.55. The zero-order valence-corrected chi connectivity index (χ0v) is 14.3. The zero-order valence-electron chi connectivity index (χ0n) is 14.3. The fourth-order valence-corrected chi connectivity index (χ4v) is 3.07. The number of carbonyl (C=O) groups excluding carboxylic acids is 1. The molecule has 1 aliphatic rings. The normalized spacial score (nSPS) is 17.2. The molecule has 0 radical (unpaired) electrons. The molecule has 3 rings (SSSR count). The van der Waals surface area contributed by atoms with E-state index in [1.54, 1.807) is 30.3 Å². The topological polar surface area (TPSA) is 90.4 Å². The van der Waals surface area contributed by atoms with Crippen LogP contribution in [0.15, 0.2) is 42.5 Å². The standard InChI is InChI=1S/C20H25N3O2/c21-18-9-6-15(13-19(18)22)20(24)14-4-7-17(8-5-14)25-12-10-16-3-1-2-11-23-16/h4-9,13,16,23H,1-3,10-12,21-22H2. The lowest BCUT2D eigenvalue weighted by Gasteiger charge is -2.23. The van der Waals surface area contributed by atoms with Crippen LogP contribution in [0.3, 0.4) is 0 Å². The van der Waals surface area contributed by atoms with Gasteiger partial charge in [0.05, 0.1) is 18.0 Å². The lowest BCUT2D eigenvalue weighted by molar-refractivity contribution is 0.103. The third kappa shape index (κ3) is 4.51. The Labute approximate surface area is 148 Å². The van der Waals surface area contributed by atoms with Crippen molar-refractivity contribution >= 4 is 17.2 Å². The molecule has 0 saturated carbocycles. The molecule has 0 aromatic heterocycles. The number of benzene rings is 2. The number of rotatable bonds is 6. The molecule has 5 heteroatoms. The van der Waals surface area contributed by atoms with E-state index in [4.69, 9.17) is 16.2 Å². The number of hydrogen-bond acceptors (Lipinski definition) is 5. The van der Waals surface area contributed by atoms with E-state index >= 15 is 0 Å². The van der Waals surface area contributed by atoms with Crippen LogP contribution in [0.2, 0.25) is 0 Å². The van der Waals surface area contributed by atoms with Gasteiger partial charge in [-0.2, -0.15) is 0 Å². The van der Waals surface area contributed by atoms with Gasteiger partial charge >= 0.3 is 0 Å². The first kappa shape index (κ1) is 17.3. The van der Waals surface area contributed by atoms with Crippen molar-refractivity contribution in [3.8, 4) is 5.75 Å². The van der Waals surface area contributed by atoms with Crippen LogP contribution in [0.5, 0.6) is 5.75 Å². The summed E-state index contributed by atoms with van der Waals surface area (Å²) in [5.41, 5.74) is 13.5. The minimum absolute atomic E-state index is 0.0790. The molecular formula is C20H25N3O2. The van der Waals surface area contributed by atoms with Crippen molar-refractivity contribution < 1.29 is 9.53 Å². The monoisotopic (exact) mass is 339 g/mol. The van der Waals surface area contributed by atoms with Gasteiger partial charge in [-0.3, -0.25) is 4.79 Å². The largest absolute Gasteiger partial charge is 0.494 e. The van der Waals surface area contributed by atoms with Crippen LogP contribution in [0.25, 0.3) is 0 Å². The molecule has 2 aromatic carbocycles. The van der Waals surface area contributed by atoms with Gasteiger partial charge in [-0.1, -0.05) is 6.42 Å². The summed E-state index contributed by atoms with van der Waals surface area (Å²) >= 11 is 0. The zero-order chi connectivity index (χ0) is 17.6. The maximum atomic E-state index is 12.5. The van der Waals surface area contributed by atoms with E-state index in [1.807, 2.05) is 12.1 Å². The number of piperidine rings is 1. The summed E-state index contributed by atoms with van der Waals surface area (Å²) in [5.74, 6) is 0.703. The van der Waals surface area contributed by atoms with Crippen LogP contribution >= 0.6 is 0 Å². The number of carbonyl (C=O) groups is 1. The minimum atomic E-state index is -0.0790. The van der Waals surface area contributed by atoms with Gasteiger partial charge in [-0.25, -0.2) is 0 Å². The molecule has 0 bridgehead atoms. The number of hydrogen-bond donors (Lipinski definition) is 3. The van der Waals surface area contributed by atoms with Crippen molar-refractivity contribution in [2.45, 2.75) is 31.7 Å². The lowest BCUT2D eigenvalue weighted by atomic mass is 10.0. The highest BCUT2D eigenvalue weighted by molar-refractivity contribution is 6.09. The van der Waals surface area contributed by atoms with Gasteiger partial charge in [0.25, 0.3) is 0 Å². The number of ether oxygens (including phenoxy) is 1. The van der Waals surface area contributed by atoms with Crippen LogP contribution in [0.1, 0.15) is 41.6 Å². The van der Waals surface area contributed by atoms with E-state index in [9.17, 15) is 4.79 Å². The van der Waals surface area contributed by atoms with Crippen LogP contribution < -0.4 is 21.5 Å². The number of nitrogen functional groups attached to an aromatic ring is 2. The van der Waals surface area contributed by atoms with E-state index in [-0.39, 0.29) is 5.78 Å². The molecule has 5 nitrogen and oxygen atoms in total. The van der Waals surface area contributed by atoms with Crippen LogP contribution in [0.4, 0.5) is 11.4 Å². The smallest absolute Gasteiger partial charge is 0.193 e. The molecule has 1 saturated heterocycles. The highest BCUT2D eigenvalue weighted by Crippen LogP contribution is 2.20. The van der Waals surface area contributed by atoms with Crippen LogP contribution in [-0.2, 0) is 0 Å². The summed E-state index contributed by atoms with van der Waals surface area (Å²) < 4.78 is 5.80. The number of nitrogens with one attached hydrogen (secondary N) is 1. The minimum Gasteiger partial charge on any atom is -0.494 e. The first-order valence-electron chi connectivity index (χ1n) is 8.79. The summed E-state index contributed by atoms with van der Waals surface area (Å²) in [7, 11) is 0. The Hall–Kier alpha value is -2.53. The van der Waals surface area contributed by atoms with Crippen molar-refractivity contribution in [1.29, 1.82) is 0 Å². The molecule has 132 valence electrons. The molecule has 25 heavy (non-hydrogen) atoms. The molecule has 5 N–H and O–H groups in total. The van der Waals surface area contributed by atoms with Crippen molar-refractivity contribution in [2.24, 2.45) is 0 Å².